The minimum Gasteiger partial charge on any atom is -0.373 e. The molecule has 1 heterocycles. The molecule has 122 valence electrons. The van der Waals surface area contributed by atoms with E-state index in [2.05, 4.69) is 10.3 Å². The van der Waals surface area contributed by atoms with E-state index in [9.17, 15) is 8.60 Å². The van der Waals surface area contributed by atoms with Gasteiger partial charge in [0, 0.05) is 27.6 Å². The first-order chi connectivity index (χ1) is 11.6. The molecule has 0 amide bonds. The summed E-state index contributed by atoms with van der Waals surface area (Å²) in [6.07, 6.45) is 2.86. The van der Waals surface area contributed by atoms with Crippen molar-refractivity contribution in [3.63, 3.8) is 0 Å². The number of benzene rings is 2. The molecule has 0 fully saturated rings. The molecule has 0 bridgehead atoms. The summed E-state index contributed by atoms with van der Waals surface area (Å²) in [5.41, 5.74) is 2.56. The molecule has 2 aromatic carbocycles. The Morgan fingerprint density at radius 1 is 1.04 bits per heavy atom. The monoisotopic (exact) mass is 340 g/mol. The lowest BCUT2D eigenvalue weighted by Gasteiger charge is -2.20. The van der Waals surface area contributed by atoms with E-state index in [1.165, 1.54) is 12.3 Å². The van der Waals surface area contributed by atoms with Gasteiger partial charge >= 0.3 is 0 Å². The fourth-order valence-electron chi connectivity index (χ4n) is 2.46. The summed E-state index contributed by atoms with van der Waals surface area (Å²) in [6.45, 7) is 0. The second kappa shape index (κ2) is 7.36. The summed E-state index contributed by atoms with van der Waals surface area (Å²) in [5, 5.41) is 3.41. The van der Waals surface area contributed by atoms with E-state index >= 15 is 0 Å². The van der Waals surface area contributed by atoms with Crippen LogP contribution in [0.3, 0.4) is 0 Å². The third-order valence-corrected chi connectivity index (χ3v) is 4.57. The number of nitrogens with zero attached hydrogens (tertiary/aromatic N) is 1. The van der Waals surface area contributed by atoms with Gasteiger partial charge in [-0.1, -0.05) is 36.4 Å². The van der Waals surface area contributed by atoms with Crippen LogP contribution in [0.5, 0.6) is 0 Å². The van der Waals surface area contributed by atoms with E-state index in [-0.39, 0.29) is 11.9 Å². The highest BCUT2D eigenvalue weighted by atomic mass is 32.2. The van der Waals surface area contributed by atoms with Gasteiger partial charge in [-0.25, -0.2) is 4.39 Å². The molecular formula is C19H17FN2OS. The standard InChI is InChI=1S/C19H17FN2OS/c1-24(23)17-9-5-8-16(12-17)22-19(14-6-3-2-4-7-14)18-11-10-15(20)13-21-18/h2-13,19,22H,1H3. The highest BCUT2D eigenvalue weighted by Gasteiger charge is 2.15. The molecule has 0 aliphatic rings. The molecule has 3 nitrogen and oxygen atoms in total. The summed E-state index contributed by atoms with van der Waals surface area (Å²) in [5.74, 6) is -0.367. The molecule has 2 atom stereocenters. The van der Waals surface area contributed by atoms with Crippen molar-refractivity contribution in [2.24, 2.45) is 0 Å². The Labute approximate surface area is 143 Å². The number of pyridine rings is 1. The van der Waals surface area contributed by atoms with Gasteiger partial charge in [0.15, 0.2) is 0 Å². The maximum atomic E-state index is 13.2. The van der Waals surface area contributed by atoms with E-state index in [1.807, 2.05) is 54.6 Å². The molecule has 0 saturated heterocycles. The third-order valence-electron chi connectivity index (χ3n) is 3.66. The molecule has 0 aliphatic heterocycles. The molecular weight excluding hydrogens is 323 g/mol. The van der Waals surface area contributed by atoms with Gasteiger partial charge in [0.2, 0.25) is 0 Å². The van der Waals surface area contributed by atoms with Crippen molar-refractivity contribution >= 4 is 16.5 Å². The van der Waals surface area contributed by atoms with Gasteiger partial charge in [0.25, 0.3) is 0 Å². The summed E-state index contributed by atoms with van der Waals surface area (Å²) in [4.78, 5) is 4.96. The molecule has 1 N–H and O–H groups in total. The predicted octanol–water partition coefficient (Wildman–Crippen LogP) is 4.16. The quantitative estimate of drug-likeness (QED) is 0.758. The van der Waals surface area contributed by atoms with Crippen LogP contribution in [0.2, 0.25) is 0 Å². The van der Waals surface area contributed by atoms with Gasteiger partial charge in [-0.05, 0) is 35.9 Å². The van der Waals surface area contributed by atoms with Crippen LogP contribution in [-0.4, -0.2) is 15.4 Å². The van der Waals surface area contributed by atoms with Crippen LogP contribution in [0.25, 0.3) is 0 Å². The van der Waals surface area contributed by atoms with E-state index in [4.69, 9.17) is 0 Å². The van der Waals surface area contributed by atoms with Crippen LogP contribution in [0.4, 0.5) is 10.1 Å². The van der Waals surface area contributed by atoms with Crippen molar-refractivity contribution in [1.82, 2.24) is 4.98 Å². The van der Waals surface area contributed by atoms with Gasteiger partial charge in [0.1, 0.15) is 5.82 Å². The Morgan fingerprint density at radius 3 is 2.50 bits per heavy atom. The van der Waals surface area contributed by atoms with Crippen LogP contribution >= 0.6 is 0 Å². The van der Waals surface area contributed by atoms with Crippen molar-refractivity contribution in [2.45, 2.75) is 10.9 Å². The number of hydrogen-bond acceptors (Lipinski definition) is 3. The van der Waals surface area contributed by atoms with Crippen LogP contribution < -0.4 is 5.32 Å². The Morgan fingerprint density at radius 2 is 1.83 bits per heavy atom. The van der Waals surface area contributed by atoms with E-state index in [0.717, 1.165) is 16.1 Å². The highest BCUT2D eigenvalue weighted by Crippen LogP contribution is 2.26. The molecule has 1 aromatic heterocycles. The summed E-state index contributed by atoms with van der Waals surface area (Å²) in [7, 11) is -1.05. The average molecular weight is 340 g/mol. The Balaban J connectivity index is 1.98. The smallest absolute Gasteiger partial charge is 0.141 e. The third kappa shape index (κ3) is 3.86. The van der Waals surface area contributed by atoms with Crippen molar-refractivity contribution in [3.05, 3.63) is 90.0 Å². The Kier molecular flexibility index (Phi) is 5.01. The fraction of sp³-hybridized carbons (Fsp3) is 0.105. The lowest BCUT2D eigenvalue weighted by Crippen LogP contribution is -2.14. The number of nitrogens with one attached hydrogen (secondary N) is 1. The lowest BCUT2D eigenvalue weighted by atomic mass is 10.0. The average Bonchev–Trinajstić information content (AvgIpc) is 2.61. The summed E-state index contributed by atoms with van der Waals surface area (Å²) in [6, 6.07) is 20.1. The second-order valence-corrected chi connectivity index (χ2v) is 6.75. The molecule has 24 heavy (non-hydrogen) atoms. The maximum absolute atomic E-state index is 13.2. The molecule has 0 saturated carbocycles. The molecule has 3 rings (SSSR count). The minimum absolute atomic E-state index is 0.229. The summed E-state index contributed by atoms with van der Waals surface area (Å²) < 4.78 is 24.9. The van der Waals surface area contributed by atoms with Crippen molar-refractivity contribution in [2.75, 3.05) is 11.6 Å². The van der Waals surface area contributed by atoms with E-state index in [1.54, 1.807) is 12.3 Å². The summed E-state index contributed by atoms with van der Waals surface area (Å²) >= 11 is 0. The fourth-order valence-corrected chi connectivity index (χ4v) is 3.03. The van der Waals surface area contributed by atoms with Crippen LogP contribution in [0.15, 0.2) is 77.8 Å². The molecule has 0 radical (unpaired) electrons. The normalized spacial score (nSPS) is 13.2. The zero-order valence-corrected chi connectivity index (χ0v) is 14.0. The number of rotatable bonds is 5. The van der Waals surface area contributed by atoms with Gasteiger partial charge in [-0.15, -0.1) is 0 Å². The topological polar surface area (TPSA) is 42.0 Å². The second-order valence-electron chi connectivity index (χ2n) is 5.37. The molecule has 0 spiro atoms. The highest BCUT2D eigenvalue weighted by molar-refractivity contribution is 7.84. The van der Waals surface area contributed by atoms with E-state index < -0.39 is 10.8 Å². The zero-order chi connectivity index (χ0) is 16.9. The predicted molar refractivity (Wildman–Crippen MR) is 94.9 cm³/mol. The number of hydrogen-bond donors (Lipinski definition) is 1. The maximum Gasteiger partial charge on any atom is 0.141 e. The van der Waals surface area contributed by atoms with Crippen LogP contribution in [0, 0.1) is 5.82 Å². The van der Waals surface area contributed by atoms with Gasteiger partial charge in [-0.3, -0.25) is 9.19 Å². The Hall–Kier alpha value is -2.53. The first-order valence-corrected chi connectivity index (χ1v) is 9.06. The first kappa shape index (κ1) is 16.3. The molecule has 5 heteroatoms. The van der Waals surface area contributed by atoms with Crippen LogP contribution in [-0.2, 0) is 10.8 Å². The lowest BCUT2D eigenvalue weighted by molar-refractivity contribution is 0.618. The van der Waals surface area contributed by atoms with Gasteiger partial charge in [-0.2, -0.15) is 0 Å². The largest absolute Gasteiger partial charge is 0.373 e. The van der Waals surface area contributed by atoms with E-state index in [0.29, 0.717) is 5.69 Å². The minimum atomic E-state index is -1.05. The number of halogens is 1. The SMILES string of the molecule is CS(=O)c1cccc(NC(c2ccccc2)c2ccc(F)cn2)c1. The number of anilines is 1. The zero-order valence-electron chi connectivity index (χ0n) is 13.1. The molecule has 3 aromatic rings. The number of aromatic nitrogens is 1. The van der Waals surface area contributed by atoms with Gasteiger partial charge < -0.3 is 5.32 Å². The molecule has 2 unspecified atom stereocenters. The first-order valence-electron chi connectivity index (χ1n) is 7.50. The van der Waals surface area contributed by atoms with Crippen molar-refractivity contribution in [3.8, 4) is 0 Å². The van der Waals surface area contributed by atoms with Crippen molar-refractivity contribution in [1.29, 1.82) is 0 Å². The van der Waals surface area contributed by atoms with Crippen molar-refractivity contribution < 1.29 is 8.60 Å². The van der Waals surface area contributed by atoms with Gasteiger partial charge in [0.05, 0.1) is 17.9 Å². The van der Waals surface area contributed by atoms with Crippen LogP contribution in [0.1, 0.15) is 17.3 Å². The Bertz CT molecular complexity index is 838. The molecule has 0 aliphatic carbocycles.